The summed E-state index contributed by atoms with van der Waals surface area (Å²) in [6.45, 7) is 1.88. The summed E-state index contributed by atoms with van der Waals surface area (Å²) in [5.41, 5.74) is 2.22. The fourth-order valence-corrected chi connectivity index (χ4v) is 2.10. The number of aromatic nitrogens is 2. The van der Waals surface area contributed by atoms with Crippen molar-refractivity contribution in [1.29, 1.82) is 0 Å². The van der Waals surface area contributed by atoms with Crippen molar-refractivity contribution in [3.05, 3.63) is 23.3 Å². The summed E-state index contributed by atoms with van der Waals surface area (Å²) >= 11 is 0. The van der Waals surface area contributed by atoms with Crippen LogP contribution in [0.25, 0.3) is 0 Å². The molecule has 0 amide bonds. The van der Waals surface area contributed by atoms with E-state index in [-0.39, 0.29) is 12.3 Å². The van der Waals surface area contributed by atoms with Gasteiger partial charge in [-0.2, -0.15) is 0 Å². The van der Waals surface area contributed by atoms with Crippen LogP contribution < -0.4 is 0 Å². The number of hydrogen-bond acceptors (Lipinski definition) is 3. The van der Waals surface area contributed by atoms with Gasteiger partial charge in [0.05, 0.1) is 0 Å². The van der Waals surface area contributed by atoms with Gasteiger partial charge in [-0.05, 0) is 37.7 Å². The highest BCUT2D eigenvalue weighted by Crippen LogP contribution is 2.25. The standard InChI is InChI=1S/C11H14N2O2/c1-7-12-6-9-4-8(5-11(14)15)2-3-10(9)13-7/h6,8H,2-5H2,1H3,(H,14,15). The molecule has 4 nitrogen and oxygen atoms in total. The number of aliphatic carboxylic acids is 1. The van der Waals surface area contributed by atoms with Crippen molar-refractivity contribution in [2.45, 2.75) is 32.6 Å². The predicted octanol–water partition coefficient (Wildman–Crippen LogP) is 1.36. The van der Waals surface area contributed by atoms with Gasteiger partial charge in [0, 0.05) is 18.3 Å². The Bertz CT molecular complexity index is 390. The highest BCUT2D eigenvalue weighted by atomic mass is 16.4. The Balaban J connectivity index is 2.13. The molecule has 0 aromatic carbocycles. The number of fused-ring (bicyclic) bond motifs is 1. The molecule has 0 saturated carbocycles. The fourth-order valence-electron chi connectivity index (χ4n) is 2.10. The van der Waals surface area contributed by atoms with E-state index in [9.17, 15) is 4.79 Å². The Morgan fingerprint density at radius 1 is 1.67 bits per heavy atom. The number of aryl methyl sites for hydroxylation is 2. The topological polar surface area (TPSA) is 63.1 Å². The lowest BCUT2D eigenvalue weighted by Crippen LogP contribution is -2.19. The minimum Gasteiger partial charge on any atom is -0.481 e. The maximum absolute atomic E-state index is 10.6. The third kappa shape index (κ3) is 2.32. The van der Waals surface area contributed by atoms with E-state index in [0.717, 1.165) is 36.3 Å². The quantitative estimate of drug-likeness (QED) is 0.793. The Morgan fingerprint density at radius 3 is 3.20 bits per heavy atom. The van der Waals surface area contributed by atoms with Crippen molar-refractivity contribution in [2.75, 3.05) is 0 Å². The van der Waals surface area contributed by atoms with Gasteiger partial charge in [0.2, 0.25) is 0 Å². The molecule has 1 atom stereocenters. The van der Waals surface area contributed by atoms with Gasteiger partial charge in [0.15, 0.2) is 0 Å². The first-order valence-corrected chi connectivity index (χ1v) is 5.18. The highest BCUT2D eigenvalue weighted by Gasteiger charge is 2.21. The van der Waals surface area contributed by atoms with E-state index in [4.69, 9.17) is 5.11 Å². The Kier molecular flexibility index (Phi) is 2.66. The van der Waals surface area contributed by atoms with Crippen molar-refractivity contribution < 1.29 is 9.90 Å². The lowest BCUT2D eigenvalue weighted by Gasteiger charge is -2.22. The van der Waals surface area contributed by atoms with Gasteiger partial charge < -0.3 is 5.11 Å². The number of carboxylic acid groups (broad SMARTS) is 1. The molecule has 1 N–H and O–H groups in total. The SMILES string of the molecule is Cc1ncc2c(n1)CCC(CC(=O)O)C2. The summed E-state index contributed by atoms with van der Waals surface area (Å²) < 4.78 is 0. The van der Waals surface area contributed by atoms with E-state index in [1.807, 2.05) is 13.1 Å². The maximum Gasteiger partial charge on any atom is 0.303 e. The van der Waals surface area contributed by atoms with Crippen LogP contribution in [0.1, 0.15) is 29.9 Å². The van der Waals surface area contributed by atoms with Crippen molar-refractivity contribution >= 4 is 5.97 Å². The average Bonchev–Trinajstić information content (AvgIpc) is 2.17. The van der Waals surface area contributed by atoms with E-state index < -0.39 is 5.97 Å². The molecule has 1 aromatic rings. The molecule has 80 valence electrons. The van der Waals surface area contributed by atoms with E-state index >= 15 is 0 Å². The minimum absolute atomic E-state index is 0.251. The van der Waals surface area contributed by atoms with Gasteiger partial charge in [-0.3, -0.25) is 4.79 Å². The van der Waals surface area contributed by atoms with Crippen LogP contribution in [-0.2, 0) is 17.6 Å². The second kappa shape index (κ2) is 3.96. The van der Waals surface area contributed by atoms with Crippen molar-refractivity contribution in [3.63, 3.8) is 0 Å². The smallest absolute Gasteiger partial charge is 0.303 e. The molecule has 4 heteroatoms. The van der Waals surface area contributed by atoms with Gasteiger partial charge in [0.1, 0.15) is 5.82 Å². The maximum atomic E-state index is 10.6. The molecule has 0 saturated heterocycles. The molecule has 1 heterocycles. The molecule has 1 unspecified atom stereocenters. The Morgan fingerprint density at radius 2 is 2.47 bits per heavy atom. The molecule has 0 fully saturated rings. The molecule has 15 heavy (non-hydrogen) atoms. The van der Waals surface area contributed by atoms with Gasteiger partial charge >= 0.3 is 5.97 Å². The zero-order valence-electron chi connectivity index (χ0n) is 8.73. The predicted molar refractivity (Wildman–Crippen MR) is 54.5 cm³/mol. The second-order valence-corrected chi connectivity index (χ2v) is 4.10. The summed E-state index contributed by atoms with van der Waals surface area (Å²) in [6, 6.07) is 0. The van der Waals surface area contributed by atoms with E-state index in [1.165, 1.54) is 0 Å². The number of carbonyl (C=O) groups is 1. The molecule has 0 spiro atoms. The minimum atomic E-state index is -0.712. The van der Waals surface area contributed by atoms with Crippen LogP contribution in [0.4, 0.5) is 0 Å². The number of carboxylic acids is 1. The molecular weight excluding hydrogens is 192 g/mol. The van der Waals surface area contributed by atoms with E-state index in [0.29, 0.717) is 0 Å². The zero-order chi connectivity index (χ0) is 10.8. The number of hydrogen-bond donors (Lipinski definition) is 1. The second-order valence-electron chi connectivity index (χ2n) is 4.10. The Hall–Kier alpha value is -1.45. The normalized spacial score (nSPS) is 19.7. The van der Waals surface area contributed by atoms with Crippen molar-refractivity contribution in [3.8, 4) is 0 Å². The largest absolute Gasteiger partial charge is 0.481 e. The monoisotopic (exact) mass is 206 g/mol. The van der Waals surface area contributed by atoms with E-state index in [2.05, 4.69) is 9.97 Å². The molecule has 2 rings (SSSR count). The van der Waals surface area contributed by atoms with Crippen molar-refractivity contribution in [2.24, 2.45) is 5.92 Å². The molecule has 1 aliphatic carbocycles. The third-order valence-corrected chi connectivity index (χ3v) is 2.84. The highest BCUT2D eigenvalue weighted by molar-refractivity contribution is 5.67. The van der Waals surface area contributed by atoms with Crippen LogP contribution in [0.3, 0.4) is 0 Å². The third-order valence-electron chi connectivity index (χ3n) is 2.84. The first-order valence-electron chi connectivity index (χ1n) is 5.18. The molecular formula is C11H14N2O2. The van der Waals surface area contributed by atoms with Crippen LogP contribution in [0.15, 0.2) is 6.20 Å². The number of nitrogens with zero attached hydrogens (tertiary/aromatic N) is 2. The van der Waals surface area contributed by atoms with Crippen LogP contribution in [0.2, 0.25) is 0 Å². The van der Waals surface area contributed by atoms with Crippen LogP contribution in [-0.4, -0.2) is 21.0 Å². The van der Waals surface area contributed by atoms with Gasteiger partial charge in [0.25, 0.3) is 0 Å². The lowest BCUT2D eigenvalue weighted by atomic mass is 9.85. The van der Waals surface area contributed by atoms with Crippen LogP contribution >= 0.6 is 0 Å². The van der Waals surface area contributed by atoms with Crippen LogP contribution in [0, 0.1) is 12.8 Å². The fraction of sp³-hybridized carbons (Fsp3) is 0.545. The van der Waals surface area contributed by atoms with Crippen LogP contribution in [0.5, 0.6) is 0 Å². The molecule has 0 radical (unpaired) electrons. The van der Waals surface area contributed by atoms with Crippen molar-refractivity contribution in [1.82, 2.24) is 9.97 Å². The number of rotatable bonds is 2. The lowest BCUT2D eigenvalue weighted by molar-refractivity contribution is -0.138. The molecule has 0 bridgehead atoms. The summed E-state index contributed by atoms with van der Waals surface area (Å²) in [5.74, 6) is 0.336. The summed E-state index contributed by atoms with van der Waals surface area (Å²) in [4.78, 5) is 19.1. The average molecular weight is 206 g/mol. The Labute approximate surface area is 88.4 Å². The van der Waals surface area contributed by atoms with Gasteiger partial charge in [-0.15, -0.1) is 0 Å². The summed E-state index contributed by atoms with van der Waals surface area (Å²) in [5, 5.41) is 8.73. The van der Waals surface area contributed by atoms with E-state index in [1.54, 1.807) is 0 Å². The first-order chi connectivity index (χ1) is 7.15. The van der Waals surface area contributed by atoms with Gasteiger partial charge in [-0.1, -0.05) is 0 Å². The molecule has 1 aromatic heterocycles. The molecule has 0 aliphatic heterocycles. The summed E-state index contributed by atoms with van der Waals surface area (Å²) in [6.07, 6.45) is 4.72. The molecule has 1 aliphatic rings. The first kappa shape index (κ1) is 10.1. The zero-order valence-corrected chi connectivity index (χ0v) is 8.73. The summed E-state index contributed by atoms with van der Waals surface area (Å²) in [7, 11) is 0. The van der Waals surface area contributed by atoms with Gasteiger partial charge in [-0.25, -0.2) is 9.97 Å².